The Morgan fingerprint density at radius 3 is 2.74 bits per heavy atom. The van der Waals surface area contributed by atoms with E-state index in [4.69, 9.17) is 0 Å². The molecule has 3 heteroatoms. The number of benzene rings is 2. The van der Waals surface area contributed by atoms with E-state index in [1.165, 1.54) is 5.56 Å². The van der Waals surface area contributed by atoms with Gasteiger partial charge >= 0.3 is 0 Å². The van der Waals surface area contributed by atoms with Crippen molar-refractivity contribution in [1.82, 2.24) is 4.98 Å². The summed E-state index contributed by atoms with van der Waals surface area (Å²) >= 11 is 3.48. The van der Waals surface area contributed by atoms with Gasteiger partial charge in [-0.1, -0.05) is 46.3 Å². The molecule has 0 aliphatic heterocycles. The van der Waals surface area contributed by atoms with Gasteiger partial charge in [-0.15, -0.1) is 0 Å². The third-order valence-electron chi connectivity index (χ3n) is 2.96. The zero-order chi connectivity index (χ0) is 13.1. The number of nitrogens with zero attached hydrogens (tertiary/aromatic N) is 1. The standard InChI is InChI=1S/C16H13BrN2/c17-14-6-3-4-12(10-14)11-18-16-9-8-13-5-1-2-7-15(13)19-16/h1-10H,11H2,(H,18,19). The Kier molecular flexibility index (Phi) is 3.47. The molecule has 3 aromatic rings. The predicted octanol–water partition coefficient (Wildman–Crippen LogP) is 4.61. The summed E-state index contributed by atoms with van der Waals surface area (Å²) in [5, 5.41) is 4.51. The topological polar surface area (TPSA) is 24.9 Å². The molecule has 19 heavy (non-hydrogen) atoms. The summed E-state index contributed by atoms with van der Waals surface area (Å²) in [5.41, 5.74) is 2.24. The fourth-order valence-corrected chi connectivity index (χ4v) is 2.45. The molecule has 0 aliphatic rings. The van der Waals surface area contributed by atoms with Crippen LogP contribution in [0.25, 0.3) is 10.9 Å². The van der Waals surface area contributed by atoms with Crippen molar-refractivity contribution in [2.45, 2.75) is 6.54 Å². The molecule has 0 saturated heterocycles. The van der Waals surface area contributed by atoms with E-state index in [1.807, 2.05) is 36.4 Å². The summed E-state index contributed by atoms with van der Waals surface area (Å²) in [5.74, 6) is 0.902. The number of fused-ring (bicyclic) bond motifs is 1. The maximum absolute atomic E-state index is 4.59. The molecule has 3 rings (SSSR count). The van der Waals surface area contributed by atoms with Crippen molar-refractivity contribution >= 4 is 32.7 Å². The molecule has 0 spiro atoms. The minimum atomic E-state index is 0.769. The van der Waals surface area contributed by atoms with Crippen LogP contribution in [0.1, 0.15) is 5.56 Å². The minimum absolute atomic E-state index is 0.769. The highest BCUT2D eigenvalue weighted by Crippen LogP contribution is 2.16. The molecule has 1 heterocycles. The summed E-state index contributed by atoms with van der Waals surface area (Å²) in [6, 6.07) is 20.5. The third-order valence-corrected chi connectivity index (χ3v) is 3.45. The molecule has 0 amide bonds. The highest BCUT2D eigenvalue weighted by Gasteiger charge is 1.98. The Balaban J connectivity index is 1.78. The maximum Gasteiger partial charge on any atom is 0.126 e. The van der Waals surface area contributed by atoms with Crippen molar-refractivity contribution in [3.05, 3.63) is 70.7 Å². The van der Waals surface area contributed by atoms with Crippen LogP contribution in [0.3, 0.4) is 0 Å². The van der Waals surface area contributed by atoms with Crippen LogP contribution in [0.15, 0.2) is 65.1 Å². The number of hydrogen-bond donors (Lipinski definition) is 1. The van der Waals surface area contributed by atoms with E-state index in [2.05, 4.69) is 50.5 Å². The SMILES string of the molecule is Brc1cccc(CNc2ccc3ccccc3n2)c1. The van der Waals surface area contributed by atoms with Gasteiger partial charge in [-0.05, 0) is 35.9 Å². The van der Waals surface area contributed by atoms with Crippen molar-refractivity contribution in [3.8, 4) is 0 Å². The zero-order valence-corrected chi connectivity index (χ0v) is 11.9. The smallest absolute Gasteiger partial charge is 0.126 e. The largest absolute Gasteiger partial charge is 0.366 e. The van der Waals surface area contributed by atoms with Crippen LogP contribution in [-0.2, 0) is 6.54 Å². The molecule has 2 nitrogen and oxygen atoms in total. The molecule has 0 atom stereocenters. The van der Waals surface area contributed by atoms with E-state index in [9.17, 15) is 0 Å². The normalized spacial score (nSPS) is 10.6. The molecule has 0 fully saturated rings. The number of nitrogens with one attached hydrogen (secondary N) is 1. The lowest BCUT2D eigenvalue weighted by Gasteiger charge is -2.07. The Hall–Kier alpha value is -1.87. The van der Waals surface area contributed by atoms with Gasteiger partial charge in [0.05, 0.1) is 5.52 Å². The van der Waals surface area contributed by atoms with E-state index in [1.54, 1.807) is 0 Å². The number of para-hydroxylation sites is 1. The molecule has 2 aromatic carbocycles. The summed E-state index contributed by atoms with van der Waals surface area (Å²) in [6.45, 7) is 0.769. The first kappa shape index (κ1) is 12.2. The first-order valence-electron chi connectivity index (χ1n) is 6.15. The Morgan fingerprint density at radius 2 is 1.84 bits per heavy atom. The van der Waals surface area contributed by atoms with Crippen LogP contribution >= 0.6 is 15.9 Å². The van der Waals surface area contributed by atoms with Crippen molar-refractivity contribution in [2.75, 3.05) is 5.32 Å². The van der Waals surface area contributed by atoms with Crippen molar-refractivity contribution in [1.29, 1.82) is 0 Å². The van der Waals surface area contributed by atoms with Crippen LogP contribution < -0.4 is 5.32 Å². The fourth-order valence-electron chi connectivity index (χ4n) is 2.00. The third kappa shape index (κ3) is 2.93. The first-order chi connectivity index (χ1) is 9.31. The van der Waals surface area contributed by atoms with E-state index >= 15 is 0 Å². The molecule has 0 aliphatic carbocycles. The first-order valence-corrected chi connectivity index (χ1v) is 6.95. The summed E-state index contributed by atoms with van der Waals surface area (Å²) in [6.07, 6.45) is 0. The maximum atomic E-state index is 4.59. The van der Waals surface area contributed by atoms with Crippen LogP contribution in [0.5, 0.6) is 0 Å². The second kappa shape index (κ2) is 5.41. The fraction of sp³-hybridized carbons (Fsp3) is 0.0625. The second-order valence-corrected chi connectivity index (χ2v) is 5.29. The average Bonchev–Trinajstić information content (AvgIpc) is 2.45. The highest BCUT2D eigenvalue weighted by atomic mass is 79.9. The molecule has 94 valence electrons. The molecule has 0 unspecified atom stereocenters. The number of rotatable bonds is 3. The molecule has 0 radical (unpaired) electrons. The van der Waals surface area contributed by atoms with Gasteiger partial charge in [0.15, 0.2) is 0 Å². The van der Waals surface area contributed by atoms with Crippen LogP contribution in [-0.4, -0.2) is 4.98 Å². The number of halogens is 1. The summed E-state index contributed by atoms with van der Waals surface area (Å²) < 4.78 is 1.10. The number of hydrogen-bond acceptors (Lipinski definition) is 2. The van der Waals surface area contributed by atoms with E-state index in [0.717, 1.165) is 27.7 Å². The predicted molar refractivity (Wildman–Crippen MR) is 83.2 cm³/mol. The summed E-state index contributed by atoms with van der Waals surface area (Å²) in [7, 11) is 0. The van der Waals surface area contributed by atoms with Gasteiger partial charge < -0.3 is 5.32 Å². The Bertz CT molecular complexity index is 710. The second-order valence-electron chi connectivity index (χ2n) is 4.37. The van der Waals surface area contributed by atoms with Gasteiger partial charge in [-0.3, -0.25) is 0 Å². The highest BCUT2D eigenvalue weighted by molar-refractivity contribution is 9.10. The zero-order valence-electron chi connectivity index (χ0n) is 10.3. The number of aromatic nitrogens is 1. The van der Waals surface area contributed by atoms with Gasteiger partial charge in [-0.25, -0.2) is 4.98 Å². The van der Waals surface area contributed by atoms with Gasteiger partial charge in [0.2, 0.25) is 0 Å². The lowest BCUT2D eigenvalue weighted by Crippen LogP contribution is -2.01. The molecule has 1 aromatic heterocycles. The minimum Gasteiger partial charge on any atom is -0.366 e. The average molecular weight is 313 g/mol. The lowest BCUT2D eigenvalue weighted by molar-refractivity contribution is 1.12. The molecular formula is C16H13BrN2. The van der Waals surface area contributed by atoms with Crippen LogP contribution in [0.2, 0.25) is 0 Å². The van der Waals surface area contributed by atoms with Crippen LogP contribution in [0.4, 0.5) is 5.82 Å². The quantitative estimate of drug-likeness (QED) is 0.764. The lowest BCUT2D eigenvalue weighted by atomic mass is 10.2. The molecule has 1 N–H and O–H groups in total. The van der Waals surface area contributed by atoms with Gasteiger partial charge in [0.25, 0.3) is 0 Å². The van der Waals surface area contributed by atoms with Crippen molar-refractivity contribution in [2.24, 2.45) is 0 Å². The Labute approximate surface area is 120 Å². The van der Waals surface area contributed by atoms with Gasteiger partial charge in [-0.2, -0.15) is 0 Å². The monoisotopic (exact) mass is 312 g/mol. The van der Waals surface area contributed by atoms with Gasteiger partial charge in [0, 0.05) is 16.4 Å². The van der Waals surface area contributed by atoms with Gasteiger partial charge in [0.1, 0.15) is 5.82 Å². The van der Waals surface area contributed by atoms with E-state index in [0.29, 0.717) is 0 Å². The van der Waals surface area contributed by atoms with Crippen LogP contribution in [0, 0.1) is 0 Å². The number of pyridine rings is 1. The number of anilines is 1. The Morgan fingerprint density at radius 1 is 0.947 bits per heavy atom. The van der Waals surface area contributed by atoms with E-state index in [-0.39, 0.29) is 0 Å². The molecule has 0 saturated carbocycles. The molecular weight excluding hydrogens is 300 g/mol. The van der Waals surface area contributed by atoms with E-state index < -0.39 is 0 Å². The molecule has 0 bridgehead atoms. The van der Waals surface area contributed by atoms with Crippen molar-refractivity contribution < 1.29 is 0 Å². The van der Waals surface area contributed by atoms with Crippen molar-refractivity contribution in [3.63, 3.8) is 0 Å². The summed E-state index contributed by atoms with van der Waals surface area (Å²) in [4.78, 5) is 4.59.